The Balaban J connectivity index is 1.75. The van der Waals surface area contributed by atoms with Crippen molar-refractivity contribution in [1.29, 1.82) is 0 Å². The van der Waals surface area contributed by atoms with Crippen LogP contribution < -0.4 is 0 Å². The van der Waals surface area contributed by atoms with E-state index >= 15 is 0 Å². The highest BCUT2D eigenvalue weighted by Crippen LogP contribution is 2.26. The van der Waals surface area contributed by atoms with Gasteiger partial charge in [0.15, 0.2) is 11.6 Å². The number of aromatic amines is 1. The second kappa shape index (κ2) is 4.56. The van der Waals surface area contributed by atoms with Gasteiger partial charge in [0, 0.05) is 11.6 Å². The zero-order valence-corrected chi connectivity index (χ0v) is 10.9. The molecule has 0 saturated heterocycles. The van der Waals surface area contributed by atoms with Gasteiger partial charge >= 0.3 is 0 Å². The van der Waals surface area contributed by atoms with Gasteiger partial charge in [-0.05, 0) is 36.4 Å². The highest BCUT2D eigenvalue weighted by molar-refractivity contribution is 5.79. The van der Waals surface area contributed by atoms with Crippen LogP contribution in [0.5, 0.6) is 0 Å². The van der Waals surface area contributed by atoms with Crippen LogP contribution in [0.25, 0.3) is 33.9 Å². The van der Waals surface area contributed by atoms with Gasteiger partial charge in [0.25, 0.3) is 0 Å². The van der Waals surface area contributed by atoms with E-state index in [0.29, 0.717) is 17.3 Å². The molecule has 2 heterocycles. The molecule has 0 aliphatic rings. The first-order valence-corrected chi connectivity index (χ1v) is 6.47. The number of imidazole rings is 1. The molecule has 21 heavy (non-hydrogen) atoms. The third kappa shape index (κ3) is 2.08. The normalized spacial score (nSPS) is 11.1. The summed E-state index contributed by atoms with van der Waals surface area (Å²) in [5.74, 6) is 0.939. The minimum Gasteiger partial charge on any atom is -0.356 e. The minimum atomic E-state index is -0.282. The monoisotopic (exact) mass is 279 g/mol. The summed E-state index contributed by atoms with van der Waals surface area (Å²) in [5.41, 5.74) is 3.20. The van der Waals surface area contributed by atoms with Crippen molar-refractivity contribution in [2.45, 2.75) is 0 Å². The Kier molecular flexibility index (Phi) is 2.57. The number of para-hydroxylation sites is 2. The number of rotatable bonds is 2. The molecule has 0 amide bonds. The van der Waals surface area contributed by atoms with E-state index in [9.17, 15) is 4.39 Å². The van der Waals surface area contributed by atoms with E-state index in [1.807, 2.05) is 24.3 Å². The van der Waals surface area contributed by atoms with Crippen molar-refractivity contribution < 1.29 is 8.91 Å². The van der Waals surface area contributed by atoms with Crippen LogP contribution >= 0.6 is 0 Å². The molecule has 0 spiro atoms. The lowest BCUT2D eigenvalue weighted by atomic mass is 10.1. The van der Waals surface area contributed by atoms with Gasteiger partial charge in [-0.2, -0.15) is 0 Å². The van der Waals surface area contributed by atoms with Crippen molar-refractivity contribution in [2.24, 2.45) is 0 Å². The maximum atomic E-state index is 12.9. The van der Waals surface area contributed by atoms with E-state index in [4.69, 9.17) is 4.52 Å². The van der Waals surface area contributed by atoms with Crippen molar-refractivity contribution >= 4 is 11.0 Å². The van der Waals surface area contributed by atoms with Crippen molar-refractivity contribution in [3.8, 4) is 22.8 Å². The topological polar surface area (TPSA) is 54.7 Å². The molecule has 0 bridgehead atoms. The molecule has 0 radical (unpaired) electrons. The van der Waals surface area contributed by atoms with Crippen LogP contribution in [0.2, 0.25) is 0 Å². The quantitative estimate of drug-likeness (QED) is 0.603. The molecule has 1 N–H and O–H groups in total. The van der Waals surface area contributed by atoms with Crippen LogP contribution in [0.15, 0.2) is 59.1 Å². The number of aromatic nitrogens is 3. The first kappa shape index (κ1) is 11.8. The fraction of sp³-hybridized carbons (Fsp3) is 0. The largest absolute Gasteiger partial charge is 0.356 e. The summed E-state index contributed by atoms with van der Waals surface area (Å²) in [6, 6.07) is 15.6. The second-order valence-electron chi connectivity index (χ2n) is 4.69. The van der Waals surface area contributed by atoms with Gasteiger partial charge in [0.1, 0.15) is 11.5 Å². The molecule has 4 nitrogen and oxygen atoms in total. The lowest BCUT2D eigenvalue weighted by molar-refractivity contribution is 0.434. The molecule has 0 aliphatic carbocycles. The molecule has 4 rings (SSSR count). The van der Waals surface area contributed by atoms with Crippen LogP contribution in [-0.4, -0.2) is 15.1 Å². The number of hydrogen-bond donors (Lipinski definition) is 1. The van der Waals surface area contributed by atoms with E-state index in [2.05, 4.69) is 15.1 Å². The van der Waals surface area contributed by atoms with Crippen molar-refractivity contribution in [3.63, 3.8) is 0 Å². The Labute approximate surface area is 119 Å². The fourth-order valence-corrected chi connectivity index (χ4v) is 2.21. The molecule has 2 aromatic carbocycles. The molecule has 0 fully saturated rings. The Hall–Kier alpha value is -2.95. The molecule has 0 unspecified atom stereocenters. The molecule has 4 aromatic rings. The Morgan fingerprint density at radius 2 is 1.81 bits per heavy atom. The van der Waals surface area contributed by atoms with Gasteiger partial charge < -0.3 is 9.51 Å². The van der Waals surface area contributed by atoms with Gasteiger partial charge in [-0.15, -0.1) is 0 Å². The predicted molar refractivity (Wildman–Crippen MR) is 77.0 cm³/mol. The third-order valence-corrected chi connectivity index (χ3v) is 3.27. The Morgan fingerprint density at radius 1 is 1.00 bits per heavy atom. The highest BCUT2D eigenvalue weighted by atomic mass is 19.1. The van der Waals surface area contributed by atoms with Gasteiger partial charge in [0.2, 0.25) is 0 Å². The zero-order chi connectivity index (χ0) is 14.2. The smallest absolute Gasteiger partial charge is 0.167 e. The molecule has 0 atom stereocenters. The first-order valence-electron chi connectivity index (χ1n) is 6.47. The molecule has 5 heteroatoms. The summed E-state index contributed by atoms with van der Waals surface area (Å²) in [6.07, 6.45) is 0. The average molecular weight is 279 g/mol. The molecular formula is C16H10FN3O. The van der Waals surface area contributed by atoms with E-state index < -0.39 is 0 Å². The molecule has 2 aromatic heterocycles. The van der Waals surface area contributed by atoms with Crippen molar-refractivity contribution in [3.05, 3.63) is 60.4 Å². The van der Waals surface area contributed by atoms with E-state index in [0.717, 1.165) is 16.6 Å². The average Bonchev–Trinajstić information content (AvgIpc) is 3.14. The molecule has 102 valence electrons. The SMILES string of the molecule is Fc1ccc(-c2cc(-c3nc4ccccc4[nH]3)no2)cc1. The van der Waals surface area contributed by atoms with Crippen LogP contribution in [0, 0.1) is 5.82 Å². The minimum absolute atomic E-state index is 0.282. The summed E-state index contributed by atoms with van der Waals surface area (Å²) in [6.45, 7) is 0. The van der Waals surface area contributed by atoms with Crippen LogP contribution in [0.3, 0.4) is 0 Å². The lowest BCUT2D eigenvalue weighted by Gasteiger charge is -1.93. The van der Waals surface area contributed by atoms with Gasteiger partial charge in [-0.25, -0.2) is 9.37 Å². The number of benzene rings is 2. The number of halogens is 1. The number of nitrogens with one attached hydrogen (secondary N) is 1. The summed E-state index contributed by atoms with van der Waals surface area (Å²) >= 11 is 0. The van der Waals surface area contributed by atoms with Crippen LogP contribution in [0.1, 0.15) is 0 Å². The van der Waals surface area contributed by atoms with E-state index in [-0.39, 0.29) is 5.82 Å². The predicted octanol–water partition coefficient (Wildman–Crippen LogP) is 4.02. The number of H-pyrrole nitrogens is 1. The molecule has 0 saturated carbocycles. The summed E-state index contributed by atoms with van der Waals surface area (Å²) in [7, 11) is 0. The Morgan fingerprint density at radius 3 is 2.62 bits per heavy atom. The van der Waals surface area contributed by atoms with Crippen molar-refractivity contribution in [2.75, 3.05) is 0 Å². The number of hydrogen-bond acceptors (Lipinski definition) is 3. The van der Waals surface area contributed by atoms with Gasteiger partial charge in [0.05, 0.1) is 11.0 Å². The molecule has 0 aliphatic heterocycles. The number of nitrogens with zero attached hydrogens (tertiary/aromatic N) is 2. The van der Waals surface area contributed by atoms with E-state index in [1.165, 1.54) is 12.1 Å². The third-order valence-electron chi connectivity index (χ3n) is 3.27. The standard InChI is InChI=1S/C16H10FN3O/c17-11-7-5-10(6-8-11)15-9-14(20-21-15)16-18-12-3-1-2-4-13(12)19-16/h1-9H,(H,18,19). The molecular weight excluding hydrogens is 269 g/mol. The summed E-state index contributed by atoms with van der Waals surface area (Å²) in [5, 5.41) is 4.02. The fourth-order valence-electron chi connectivity index (χ4n) is 2.21. The second-order valence-corrected chi connectivity index (χ2v) is 4.69. The van der Waals surface area contributed by atoms with Crippen molar-refractivity contribution in [1.82, 2.24) is 15.1 Å². The van der Waals surface area contributed by atoms with Gasteiger partial charge in [-0.1, -0.05) is 17.3 Å². The highest BCUT2D eigenvalue weighted by Gasteiger charge is 2.12. The van der Waals surface area contributed by atoms with Crippen LogP contribution in [-0.2, 0) is 0 Å². The summed E-state index contributed by atoms with van der Waals surface area (Å²) in [4.78, 5) is 7.66. The summed E-state index contributed by atoms with van der Waals surface area (Å²) < 4.78 is 18.2. The maximum Gasteiger partial charge on any atom is 0.167 e. The lowest BCUT2D eigenvalue weighted by Crippen LogP contribution is -1.78. The Bertz CT molecular complexity index is 876. The van der Waals surface area contributed by atoms with Gasteiger partial charge in [-0.3, -0.25) is 0 Å². The first-order chi connectivity index (χ1) is 10.3. The maximum absolute atomic E-state index is 12.9. The van der Waals surface area contributed by atoms with E-state index in [1.54, 1.807) is 18.2 Å². The zero-order valence-electron chi connectivity index (χ0n) is 10.9. The van der Waals surface area contributed by atoms with Crippen LogP contribution in [0.4, 0.5) is 4.39 Å². The number of fused-ring (bicyclic) bond motifs is 1.